The van der Waals surface area contributed by atoms with Crippen LogP contribution in [0.4, 0.5) is 11.4 Å². The summed E-state index contributed by atoms with van der Waals surface area (Å²) in [4.78, 5) is 24.8. The third kappa shape index (κ3) is 5.19. The number of carbonyl (C=O) groups excluding carboxylic acids is 2. The normalized spacial score (nSPS) is 11.3. The van der Waals surface area contributed by atoms with Crippen molar-refractivity contribution in [2.75, 3.05) is 23.7 Å². The van der Waals surface area contributed by atoms with Gasteiger partial charge in [0.15, 0.2) is 5.76 Å². The van der Waals surface area contributed by atoms with Gasteiger partial charge in [0.2, 0.25) is 10.0 Å². The Morgan fingerprint density at radius 2 is 1.48 bits per heavy atom. The quantitative estimate of drug-likeness (QED) is 0.552. The van der Waals surface area contributed by atoms with Crippen molar-refractivity contribution in [3.05, 3.63) is 78.3 Å². The van der Waals surface area contributed by atoms with Crippen LogP contribution in [0.15, 0.2) is 76.2 Å². The Labute approximate surface area is 180 Å². The molecule has 0 saturated heterocycles. The van der Waals surface area contributed by atoms with E-state index in [1.165, 1.54) is 34.8 Å². The van der Waals surface area contributed by atoms with E-state index in [2.05, 4.69) is 10.6 Å². The average Bonchev–Trinajstić information content (AvgIpc) is 3.30. The van der Waals surface area contributed by atoms with Crippen molar-refractivity contribution in [1.29, 1.82) is 0 Å². The van der Waals surface area contributed by atoms with Crippen molar-refractivity contribution >= 4 is 33.2 Å². The maximum atomic E-state index is 12.6. The molecule has 0 atom stereocenters. The molecule has 3 aromatic rings. The molecule has 2 amide bonds. The molecule has 0 saturated carbocycles. The molecule has 1 heterocycles. The lowest BCUT2D eigenvalue weighted by molar-refractivity contribution is 0.0995. The summed E-state index contributed by atoms with van der Waals surface area (Å²) in [7, 11) is -3.58. The van der Waals surface area contributed by atoms with Crippen LogP contribution in [-0.4, -0.2) is 37.6 Å². The van der Waals surface area contributed by atoms with Crippen LogP contribution in [0.25, 0.3) is 0 Å². The van der Waals surface area contributed by atoms with E-state index < -0.39 is 21.8 Å². The first-order chi connectivity index (χ1) is 14.8. The van der Waals surface area contributed by atoms with Gasteiger partial charge in [-0.15, -0.1) is 0 Å². The summed E-state index contributed by atoms with van der Waals surface area (Å²) in [6, 6.07) is 15.6. The van der Waals surface area contributed by atoms with E-state index in [1.807, 2.05) is 0 Å². The zero-order valence-electron chi connectivity index (χ0n) is 17.2. The van der Waals surface area contributed by atoms with Gasteiger partial charge in [0.25, 0.3) is 11.8 Å². The van der Waals surface area contributed by atoms with Crippen molar-refractivity contribution in [1.82, 2.24) is 4.31 Å². The van der Waals surface area contributed by atoms with Gasteiger partial charge in [0.05, 0.1) is 11.2 Å². The summed E-state index contributed by atoms with van der Waals surface area (Å²) in [6.07, 6.45) is 1.41. The number of benzene rings is 2. The maximum Gasteiger partial charge on any atom is 0.291 e. The minimum atomic E-state index is -3.58. The highest BCUT2D eigenvalue weighted by Crippen LogP contribution is 2.19. The molecule has 0 aliphatic heterocycles. The van der Waals surface area contributed by atoms with Crippen LogP contribution in [0.1, 0.15) is 34.8 Å². The first kappa shape index (κ1) is 22.3. The Balaban J connectivity index is 1.70. The van der Waals surface area contributed by atoms with Crippen LogP contribution < -0.4 is 10.6 Å². The van der Waals surface area contributed by atoms with E-state index in [9.17, 15) is 18.0 Å². The van der Waals surface area contributed by atoms with Crippen LogP contribution in [0.5, 0.6) is 0 Å². The largest absolute Gasteiger partial charge is 0.459 e. The van der Waals surface area contributed by atoms with Crippen molar-refractivity contribution in [3.8, 4) is 0 Å². The number of nitrogens with zero attached hydrogens (tertiary/aromatic N) is 1. The van der Waals surface area contributed by atoms with Gasteiger partial charge in [-0.2, -0.15) is 4.31 Å². The Morgan fingerprint density at radius 1 is 0.871 bits per heavy atom. The lowest BCUT2D eigenvalue weighted by Gasteiger charge is -2.18. The van der Waals surface area contributed by atoms with Crippen molar-refractivity contribution < 1.29 is 22.4 Å². The number of hydrogen-bond acceptors (Lipinski definition) is 5. The molecule has 0 spiro atoms. The molecule has 2 aromatic carbocycles. The third-order valence-corrected chi connectivity index (χ3v) is 6.65. The molecule has 3 rings (SSSR count). The Morgan fingerprint density at radius 3 is 2.03 bits per heavy atom. The third-order valence-electron chi connectivity index (χ3n) is 4.58. The first-order valence-corrected chi connectivity index (χ1v) is 11.2. The summed E-state index contributed by atoms with van der Waals surface area (Å²) in [5.41, 5.74) is 1.27. The highest BCUT2D eigenvalue weighted by Gasteiger charge is 2.21. The molecule has 1 aromatic heterocycles. The molecule has 0 bridgehead atoms. The van der Waals surface area contributed by atoms with Crippen molar-refractivity contribution in [3.63, 3.8) is 0 Å². The van der Waals surface area contributed by atoms with E-state index in [1.54, 1.807) is 50.2 Å². The molecule has 0 radical (unpaired) electrons. The minimum absolute atomic E-state index is 0.135. The number of rotatable bonds is 8. The lowest BCUT2D eigenvalue weighted by Crippen LogP contribution is -2.30. The number of anilines is 2. The van der Waals surface area contributed by atoms with Gasteiger partial charge in [-0.25, -0.2) is 8.42 Å². The minimum Gasteiger partial charge on any atom is -0.459 e. The number of carbonyl (C=O) groups is 2. The van der Waals surface area contributed by atoms with Crippen LogP contribution in [0.2, 0.25) is 0 Å². The highest BCUT2D eigenvalue weighted by atomic mass is 32.2. The molecule has 0 aliphatic rings. The number of furan rings is 1. The summed E-state index contributed by atoms with van der Waals surface area (Å²) in [5.74, 6) is -0.631. The molecule has 0 unspecified atom stereocenters. The van der Waals surface area contributed by atoms with E-state index in [4.69, 9.17) is 4.42 Å². The van der Waals surface area contributed by atoms with Gasteiger partial charge in [0.1, 0.15) is 0 Å². The van der Waals surface area contributed by atoms with E-state index in [0.717, 1.165) is 0 Å². The van der Waals surface area contributed by atoms with Crippen LogP contribution in [0, 0.1) is 0 Å². The number of hydrogen-bond donors (Lipinski definition) is 2. The molecule has 162 valence electrons. The highest BCUT2D eigenvalue weighted by molar-refractivity contribution is 7.89. The molecular formula is C22H23N3O5S. The number of amides is 2. The summed E-state index contributed by atoms with van der Waals surface area (Å²) < 4.78 is 31.5. The van der Waals surface area contributed by atoms with Crippen molar-refractivity contribution in [2.24, 2.45) is 0 Å². The van der Waals surface area contributed by atoms with E-state index >= 15 is 0 Å². The standard InChI is InChI=1S/C22H23N3O5S/c1-3-25(4-2)31(28,29)19-12-10-16(11-13-19)21(26)23-17-7-5-8-18(15-17)24-22(27)20-9-6-14-30-20/h5-15H,3-4H2,1-2H3,(H,23,26)(H,24,27). The van der Waals surface area contributed by atoms with Gasteiger partial charge in [-0.3, -0.25) is 9.59 Å². The lowest BCUT2D eigenvalue weighted by atomic mass is 10.2. The van der Waals surface area contributed by atoms with Gasteiger partial charge >= 0.3 is 0 Å². The summed E-state index contributed by atoms with van der Waals surface area (Å²) >= 11 is 0. The average molecular weight is 442 g/mol. The van der Waals surface area contributed by atoms with Crippen LogP contribution >= 0.6 is 0 Å². The maximum absolute atomic E-state index is 12.6. The van der Waals surface area contributed by atoms with E-state index in [0.29, 0.717) is 30.0 Å². The second kappa shape index (κ2) is 9.59. The van der Waals surface area contributed by atoms with Gasteiger partial charge < -0.3 is 15.1 Å². The monoisotopic (exact) mass is 441 g/mol. The Bertz CT molecular complexity index is 1150. The first-order valence-electron chi connectivity index (χ1n) is 9.71. The molecule has 8 nitrogen and oxygen atoms in total. The smallest absolute Gasteiger partial charge is 0.291 e. The Hall–Kier alpha value is -3.43. The molecule has 9 heteroatoms. The SMILES string of the molecule is CCN(CC)S(=O)(=O)c1ccc(C(=O)Nc2cccc(NC(=O)c3ccco3)c2)cc1. The van der Waals surface area contributed by atoms with Gasteiger partial charge in [0, 0.05) is 30.0 Å². The molecular weight excluding hydrogens is 418 g/mol. The zero-order chi connectivity index (χ0) is 22.4. The number of sulfonamides is 1. The summed E-state index contributed by atoms with van der Waals surface area (Å²) in [5, 5.41) is 5.42. The van der Waals surface area contributed by atoms with Crippen LogP contribution in [-0.2, 0) is 10.0 Å². The van der Waals surface area contributed by atoms with Crippen molar-refractivity contribution in [2.45, 2.75) is 18.7 Å². The van der Waals surface area contributed by atoms with Crippen LogP contribution in [0.3, 0.4) is 0 Å². The Kier molecular flexibility index (Phi) is 6.88. The zero-order valence-corrected chi connectivity index (χ0v) is 18.0. The topological polar surface area (TPSA) is 109 Å². The molecule has 0 aliphatic carbocycles. The summed E-state index contributed by atoms with van der Waals surface area (Å²) in [6.45, 7) is 4.28. The second-order valence-corrected chi connectivity index (χ2v) is 8.52. The predicted octanol–water partition coefficient (Wildman–Crippen LogP) is 3.81. The van der Waals surface area contributed by atoms with E-state index in [-0.39, 0.29) is 10.7 Å². The predicted molar refractivity (Wildman–Crippen MR) is 118 cm³/mol. The molecule has 2 N–H and O–H groups in total. The fourth-order valence-electron chi connectivity index (χ4n) is 2.97. The number of nitrogens with one attached hydrogen (secondary N) is 2. The fourth-order valence-corrected chi connectivity index (χ4v) is 4.43. The second-order valence-electron chi connectivity index (χ2n) is 6.58. The molecule has 0 fully saturated rings. The van der Waals surface area contributed by atoms with Gasteiger partial charge in [-0.05, 0) is 54.6 Å². The van der Waals surface area contributed by atoms with Gasteiger partial charge in [-0.1, -0.05) is 19.9 Å². The molecule has 31 heavy (non-hydrogen) atoms. The fraction of sp³-hybridized carbons (Fsp3) is 0.182.